The summed E-state index contributed by atoms with van der Waals surface area (Å²) in [6, 6.07) is 0. The van der Waals surface area contributed by atoms with Crippen molar-refractivity contribution < 1.29 is 0 Å². The summed E-state index contributed by atoms with van der Waals surface area (Å²) >= 11 is 0. The van der Waals surface area contributed by atoms with E-state index in [0.717, 1.165) is 18.5 Å². The molecule has 2 nitrogen and oxygen atoms in total. The minimum atomic E-state index is 0.0273. The summed E-state index contributed by atoms with van der Waals surface area (Å²) in [5.74, 6) is 0. The van der Waals surface area contributed by atoms with E-state index in [0.29, 0.717) is 0 Å². The molecule has 2 heteroatoms. The standard InChI is InChI=1S/C9H18N2/c1-5-9(3,8(2)10)6-7-11-4/h7H,2,5-6,10H2,1,3-4H3/b11-7-. The molecule has 1 atom stereocenters. The Morgan fingerprint density at radius 1 is 1.73 bits per heavy atom. The maximum absolute atomic E-state index is 5.67. The number of aliphatic imine (C=N–C) groups is 1. The van der Waals surface area contributed by atoms with Crippen molar-refractivity contribution in [3.8, 4) is 0 Å². The van der Waals surface area contributed by atoms with E-state index in [1.54, 1.807) is 7.05 Å². The first kappa shape index (κ1) is 10.2. The summed E-state index contributed by atoms with van der Waals surface area (Å²) in [5.41, 5.74) is 6.44. The average molecular weight is 154 g/mol. The molecule has 1 unspecified atom stereocenters. The lowest BCUT2D eigenvalue weighted by atomic mass is 9.82. The zero-order valence-electron chi connectivity index (χ0n) is 7.72. The van der Waals surface area contributed by atoms with Gasteiger partial charge in [0.2, 0.25) is 0 Å². The van der Waals surface area contributed by atoms with Crippen LogP contribution in [0.25, 0.3) is 0 Å². The average Bonchev–Trinajstić information content (AvgIpc) is 2.00. The minimum absolute atomic E-state index is 0.0273. The minimum Gasteiger partial charge on any atom is -0.402 e. The number of nitrogens with zero attached hydrogens (tertiary/aromatic N) is 1. The van der Waals surface area contributed by atoms with Crippen LogP contribution in [0.5, 0.6) is 0 Å². The Morgan fingerprint density at radius 3 is 2.55 bits per heavy atom. The molecule has 0 aliphatic rings. The summed E-state index contributed by atoms with van der Waals surface area (Å²) in [6.45, 7) is 7.99. The van der Waals surface area contributed by atoms with Crippen LogP contribution in [-0.4, -0.2) is 13.3 Å². The fraction of sp³-hybridized carbons (Fsp3) is 0.667. The third-order valence-electron chi connectivity index (χ3n) is 2.28. The number of hydrogen-bond donors (Lipinski definition) is 1. The normalized spacial score (nSPS) is 16.6. The second kappa shape index (κ2) is 4.16. The molecule has 2 N–H and O–H groups in total. The van der Waals surface area contributed by atoms with Gasteiger partial charge in [-0.25, -0.2) is 0 Å². The summed E-state index contributed by atoms with van der Waals surface area (Å²) in [7, 11) is 1.77. The second-order valence-electron chi connectivity index (χ2n) is 3.08. The van der Waals surface area contributed by atoms with Crippen LogP contribution in [-0.2, 0) is 0 Å². The van der Waals surface area contributed by atoms with E-state index in [-0.39, 0.29) is 5.41 Å². The maximum Gasteiger partial charge on any atom is 0.0273 e. The van der Waals surface area contributed by atoms with Crippen molar-refractivity contribution in [3.63, 3.8) is 0 Å². The Morgan fingerprint density at radius 2 is 2.27 bits per heavy atom. The number of nitrogens with two attached hydrogens (primary N) is 1. The third-order valence-corrected chi connectivity index (χ3v) is 2.28. The predicted octanol–water partition coefficient (Wildman–Crippen LogP) is 1.97. The lowest BCUT2D eigenvalue weighted by Crippen LogP contribution is -2.23. The van der Waals surface area contributed by atoms with Crippen molar-refractivity contribution in [2.45, 2.75) is 26.7 Å². The molecular weight excluding hydrogens is 136 g/mol. The number of allylic oxidation sites excluding steroid dienone is 1. The molecule has 0 spiro atoms. The van der Waals surface area contributed by atoms with Crippen molar-refractivity contribution in [3.05, 3.63) is 12.3 Å². The van der Waals surface area contributed by atoms with Crippen molar-refractivity contribution >= 4 is 6.21 Å². The Kier molecular flexibility index (Phi) is 3.86. The predicted molar refractivity (Wildman–Crippen MR) is 50.8 cm³/mol. The Labute approximate surface area is 69.2 Å². The first-order chi connectivity index (χ1) is 5.06. The van der Waals surface area contributed by atoms with Gasteiger partial charge < -0.3 is 10.7 Å². The molecule has 0 radical (unpaired) electrons. The molecule has 0 fully saturated rings. The monoisotopic (exact) mass is 154 g/mol. The molecule has 0 aromatic carbocycles. The van der Waals surface area contributed by atoms with Crippen LogP contribution in [0.1, 0.15) is 26.7 Å². The summed E-state index contributed by atoms with van der Waals surface area (Å²) in [6.07, 6.45) is 3.78. The summed E-state index contributed by atoms with van der Waals surface area (Å²) in [4.78, 5) is 3.93. The molecule has 0 aromatic rings. The Bertz CT molecular complexity index is 161. The molecule has 0 heterocycles. The van der Waals surface area contributed by atoms with Crippen LogP contribution >= 0.6 is 0 Å². The van der Waals surface area contributed by atoms with E-state index < -0.39 is 0 Å². The summed E-state index contributed by atoms with van der Waals surface area (Å²) in [5, 5.41) is 0. The van der Waals surface area contributed by atoms with Crippen LogP contribution in [0.15, 0.2) is 17.3 Å². The van der Waals surface area contributed by atoms with Gasteiger partial charge in [-0.3, -0.25) is 0 Å². The molecule has 0 saturated carbocycles. The van der Waals surface area contributed by atoms with Gasteiger partial charge >= 0.3 is 0 Å². The van der Waals surface area contributed by atoms with E-state index in [1.807, 2.05) is 6.21 Å². The van der Waals surface area contributed by atoms with E-state index in [4.69, 9.17) is 5.73 Å². The Balaban J connectivity index is 4.22. The van der Waals surface area contributed by atoms with Gasteiger partial charge in [0.1, 0.15) is 0 Å². The molecule has 0 aromatic heterocycles. The SMILES string of the molecule is C=C(N)C(C)(CC)C/C=N\C. The highest BCUT2D eigenvalue weighted by Crippen LogP contribution is 2.29. The highest BCUT2D eigenvalue weighted by atomic mass is 14.7. The second-order valence-corrected chi connectivity index (χ2v) is 3.08. The topological polar surface area (TPSA) is 38.4 Å². The lowest BCUT2D eigenvalue weighted by molar-refractivity contribution is 0.399. The van der Waals surface area contributed by atoms with E-state index in [1.165, 1.54) is 0 Å². The smallest absolute Gasteiger partial charge is 0.0273 e. The molecule has 0 bridgehead atoms. The molecule has 0 amide bonds. The van der Waals surface area contributed by atoms with E-state index >= 15 is 0 Å². The zero-order valence-corrected chi connectivity index (χ0v) is 7.72. The number of hydrogen-bond acceptors (Lipinski definition) is 2. The molecule has 0 aliphatic heterocycles. The van der Waals surface area contributed by atoms with Crippen molar-refractivity contribution in [2.75, 3.05) is 7.05 Å². The first-order valence-electron chi connectivity index (χ1n) is 3.92. The molecular formula is C9H18N2. The molecule has 64 valence electrons. The van der Waals surface area contributed by atoms with Gasteiger partial charge in [-0.2, -0.15) is 0 Å². The molecule has 0 aliphatic carbocycles. The maximum atomic E-state index is 5.67. The van der Waals surface area contributed by atoms with Gasteiger partial charge in [0.15, 0.2) is 0 Å². The van der Waals surface area contributed by atoms with Crippen molar-refractivity contribution in [1.29, 1.82) is 0 Å². The van der Waals surface area contributed by atoms with E-state index in [2.05, 4.69) is 25.4 Å². The quantitative estimate of drug-likeness (QED) is 0.618. The number of rotatable bonds is 4. The largest absolute Gasteiger partial charge is 0.402 e. The van der Waals surface area contributed by atoms with Crippen molar-refractivity contribution in [2.24, 2.45) is 16.1 Å². The summed E-state index contributed by atoms with van der Waals surface area (Å²) < 4.78 is 0. The van der Waals surface area contributed by atoms with Crippen molar-refractivity contribution in [1.82, 2.24) is 0 Å². The fourth-order valence-corrected chi connectivity index (χ4v) is 0.795. The van der Waals surface area contributed by atoms with Gasteiger partial charge in [-0.15, -0.1) is 0 Å². The van der Waals surface area contributed by atoms with E-state index in [9.17, 15) is 0 Å². The van der Waals surface area contributed by atoms with Crippen LogP contribution < -0.4 is 5.73 Å². The highest BCUT2D eigenvalue weighted by molar-refractivity contribution is 5.58. The van der Waals surface area contributed by atoms with Gasteiger partial charge in [-0.05, 0) is 19.1 Å². The zero-order chi connectivity index (χ0) is 8.91. The first-order valence-corrected chi connectivity index (χ1v) is 3.92. The third kappa shape index (κ3) is 2.74. The van der Waals surface area contributed by atoms with Gasteiger partial charge in [-0.1, -0.05) is 20.4 Å². The Hall–Kier alpha value is -0.790. The highest BCUT2D eigenvalue weighted by Gasteiger charge is 2.22. The molecule has 0 rings (SSSR count). The van der Waals surface area contributed by atoms with Crippen LogP contribution in [0.3, 0.4) is 0 Å². The van der Waals surface area contributed by atoms with Crippen LogP contribution in [0.2, 0.25) is 0 Å². The van der Waals surface area contributed by atoms with Gasteiger partial charge in [0.05, 0.1) is 0 Å². The van der Waals surface area contributed by atoms with Gasteiger partial charge in [0.25, 0.3) is 0 Å². The molecule has 0 saturated heterocycles. The molecule has 11 heavy (non-hydrogen) atoms. The fourth-order valence-electron chi connectivity index (χ4n) is 0.795. The van der Waals surface area contributed by atoms with Crippen LogP contribution in [0.4, 0.5) is 0 Å². The van der Waals surface area contributed by atoms with Gasteiger partial charge in [0, 0.05) is 18.2 Å². The lowest BCUT2D eigenvalue weighted by Gasteiger charge is -2.26. The van der Waals surface area contributed by atoms with Crippen LogP contribution in [0, 0.1) is 5.41 Å².